The second-order valence-corrected chi connectivity index (χ2v) is 6.46. The summed E-state index contributed by atoms with van der Waals surface area (Å²) in [6.45, 7) is 6.87. The zero-order valence-corrected chi connectivity index (χ0v) is 13.8. The molecule has 2 aromatic rings. The van der Waals surface area contributed by atoms with Crippen molar-refractivity contribution >= 4 is 11.3 Å². The van der Waals surface area contributed by atoms with Crippen molar-refractivity contribution in [2.45, 2.75) is 39.5 Å². The summed E-state index contributed by atoms with van der Waals surface area (Å²) in [6.07, 6.45) is 0. The van der Waals surface area contributed by atoms with Crippen LogP contribution < -0.4 is 10.5 Å². The second kappa shape index (κ2) is 7.59. The topological polar surface area (TPSA) is 38.5 Å². The number of hydrogen-bond acceptors (Lipinski definition) is 4. The van der Waals surface area contributed by atoms with Crippen LogP contribution in [0, 0.1) is 0 Å². The van der Waals surface area contributed by atoms with Crippen LogP contribution in [0.25, 0.3) is 0 Å². The molecule has 0 saturated heterocycles. The zero-order valence-electron chi connectivity index (χ0n) is 13.0. The van der Waals surface area contributed by atoms with E-state index in [-0.39, 0.29) is 0 Å². The van der Waals surface area contributed by atoms with E-state index in [9.17, 15) is 0 Å². The van der Waals surface area contributed by atoms with Crippen molar-refractivity contribution in [3.05, 3.63) is 51.7 Å². The lowest BCUT2D eigenvalue weighted by molar-refractivity contribution is 0.205. The highest BCUT2D eigenvalue weighted by atomic mass is 32.1. The third-order valence-electron chi connectivity index (χ3n) is 3.63. The molecule has 0 aliphatic heterocycles. The maximum atomic E-state index is 5.73. The van der Waals surface area contributed by atoms with Crippen LogP contribution in [-0.4, -0.2) is 18.1 Å². The number of thiophene rings is 1. The van der Waals surface area contributed by atoms with Crippen LogP contribution in [0.1, 0.15) is 29.9 Å². The summed E-state index contributed by atoms with van der Waals surface area (Å²) in [7, 11) is 1.70. The minimum atomic E-state index is 0.493. The van der Waals surface area contributed by atoms with E-state index in [1.807, 2.05) is 11.3 Å². The Labute approximate surface area is 131 Å². The number of methoxy groups -OCH3 is 1. The van der Waals surface area contributed by atoms with Crippen molar-refractivity contribution in [2.75, 3.05) is 7.11 Å². The first kappa shape index (κ1) is 16.0. The summed E-state index contributed by atoms with van der Waals surface area (Å²) in [4.78, 5) is 3.86. The van der Waals surface area contributed by atoms with Gasteiger partial charge in [0.15, 0.2) is 0 Å². The molecule has 0 radical (unpaired) electrons. The van der Waals surface area contributed by atoms with Crippen molar-refractivity contribution in [1.29, 1.82) is 0 Å². The third-order valence-corrected chi connectivity index (χ3v) is 4.49. The summed E-state index contributed by atoms with van der Waals surface area (Å²) < 4.78 is 5.43. The fraction of sp³-hybridized carbons (Fsp3) is 0.412. The minimum Gasteiger partial charge on any atom is -0.496 e. The first-order valence-corrected chi connectivity index (χ1v) is 8.14. The Hall–Kier alpha value is -1.36. The highest BCUT2D eigenvalue weighted by molar-refractivity contribution is 7.09. The smallest absolute Gasteiger partial charge is 0.123 e. The van der Waals surface area contributed by atoms with Gasteiger partial charge in [-0.15, -0.1) is 11.3 Å². The molecule has 0 amide bonds. The van der Waals surface area contributed by atoms with Gasteiger partial charge in [0.25, 0.3) is 0 Å². The Morgan fingerprint density at radius 3 is 2.62 bits per heavy atom. The predicted octanol–water partition coefficient (Wildman–Crippen LogP) is 3.63. The summed E-state index contributed by atoms with van der Waals surface area (Å²) in [5, 5.41) is 2.13. The fourth-order valence-corrected chi connectivity index (χ4v) is 3.04. The molecular weight excluding hydrogens is 280 g/mol. The Balaban J connectivity index is 2.13. The summed E-state index contributed by atoms with van der Waals surface area (Å²) >= 11 is 1.81. The van der Waals surface area contributed by atoms with Crippen molar-refractivity contribution in [3.8, 4) is 5.75 Å². The highest BCUT2D eigenvalue weighted by Crippen LogP contribution is 2.22. The van der Waals surface area contributed by atoms with Crippen molar-refractivity contribution in [1.82, 2.24) is 4.90 Å². The van der Waals surface area contributed by atoms with Crippen LogP contribution in [0.15, 0.2) is 35.7 Å². The van der Waals surface area contributed by atoms with Gasteiger partial charge in [0.1, 0.15) is 5.75 Å². The molecule has 1 aromatic heterocycles. The number of ether oxygens (including phenoxy) is 1. The summed E-state index contributed by atoms with van der Waals surface area (Å²) in [5.74, 6) is 0.884. The third kappa shape index (κ3) is 4.30. The van der Waals surface area contributed by atoms with E-state index in [4.69, 9.17) is 10.5 Å². The van der Waals surface area contributed by atoms with E-state index in [0.29, 0.717) is 12.6 Å². The van der Waals surface area contributed by atoms with E-state index < -0.39 is 0 Å². The van der Waals surface area contributed by atoms with Gasteiger partial charge in [-0.25, -0.2) is 0 Å². The maximum Gasteiger partial charge on any atom is 0.123 e. The average molecular weight is 304 g/mol. The average Bonchev–Trinajstić information content (AvgIpc) is 2.99. The molecule has 0 unspecified atom stereocenters. The Kier molecular flexibility index (Phi) is 5.79. The quantitative estimate of drug-likeness (QED) is 0.849. The molecule has 0 fully saturated rings. The van der Waals surface area contributed by atoms with Crippen molar-refractivity contribution in [2.24, 2.45) is 5.73 Å². The van der Waals surface area contributed by atoms with Crippen LogP contribution in [0.5, 0.6) is 5.75 Å². The first-order chi connectivity index (χ1) is 10.1. The van der Waals surface area contributed by atoms with Gasteiger partial charge in [-0.3, -0.25) is 4.90 Å². The monoisotopic (exact) mass is 304 g/mol. The molecule has 1 aromatic carbocycles. The molecule has 0 spiro atoms. The number of rotatable bonds is 7. The van der Waals surface area contributed by atoms with Crippen LogP contribution in [0.4, 0.5) is 0 Å². The molecule has 0 saturated carbocycles. The zero-order chi connectivity index (χ0) is 15.2. The van der Waals surface area contributed by atoms with Gasteiger partial charge in [-0.2, -0.15) is 0 Å². The molecule has 0 aliphatic carbocycles. The Morgan fingerprint density at radius 1 is 1.24 bits per heavy atom. The number of benzene rings is 1. The molecule has 2 N–H and O–H groups in total. The fourth-order valence-electron chi connectivity index (χ4n) is 2.31. The molecule has 0 bridgehead atoms. The number of hydrogen-bond donors (Lipinski definition) is 1. The molecule has 2 rings (SSSR count). The van der Waals surface area contributed by atoms with E-state index in [1.165, 1.54) is 10.4 Å². The van der Waals surface area contributed by atoms with Crippen LogP contribution >= 0.6 is 11.3 Å². The van der Waals surface area contributed by atoms with Gasteiger partial charge < -0.3 is 10.5 Å². The number of nitrogens with zero attached hydrogens (tertiary/aromatic N) is 1. The lowest BCUT2D eigenvalue weighted by Crippen LogP contribution is -2.29. The van der Waals surface area contributed by atoms with E-state index >= 15 is 0 Å². The lowest BCUT2D eigenvalue weighted by Gasteiger charge is -2.26. The summed E-state index contributed by atoms with van der Waals surface area (Å²) in [5.41, 5.74) is 8.04. The lowest BCUT2D eigenvalue weighted by atomic mass is 10.1. The second-order valence-electron chi connectivity index (χ2n) is 5.43. The molecule has 1 heterocycles. The molecule has 4 heteroatoms. The van der Waals surface area contributed by atoms with Gasteiger partial charge in [-0.1, -0.05) is 18.2 Å². The minimum absolute atomic E-state index is 0.493. The normalized spacial score (nSPS) is 11.3. The van der Waals surface area contributed by atoms with Crippen LogP contribution in [-0.2, 0) is 19.6 Å². The van der Waals surface area contributed by atoms with E-state index in [0.717, 1.165) is 24.4 Å². The standard InChI is InChI=1S/C17H24N2OS/c1-13(2)19(12-16-5-4-8-21-16)11-14-6-7-15(10-18)17(9-14)20-3/h4-9,13H,10-12,18H2,1-3H3. The van der Waals surface area contributed by atoms with Crippen LogP contribution in [0.3, 0.4) is 0 Å². The van der Waals surface area contributed by atoms with Gasteiger partial charge in [0.2, 0.25) is 0 Å². The van der Waals surface area contributed by atoms with Crippen LogP contribution in [0.2, 0.25) is 0 Å². The molecule has 21 heavy (non-hydrogen) atoms. The SMILES string of the molecule is COc1cc(CN(Cc2cccs2)C(C)C)ccc1CN. The highest BCUT2D eigenvalue weighted by Gasteiger charge is 2.13. The van der Waals surface area contributed by atoms with Crippen molar-refractivity contribution in [3.63, 3.8) is 0 Å². The van der Waals surface area contributed by atoms with E-state index in [2.05, 4.69) is 54.5 Å². The molecule has 3 nitrogen and oxygen atoms in total. The maximum absolute atomic E-state index is 5.73. The van der Waals surface area contributed by atoms with E-state index in [1.54, 1.807) is 7.11 Å². The Morgan fingerprint density at radius 2 is 2.05 bits per heavy atom. The molecule has 114 valence electrons. The van der Waals surface area contributed by atoms with Gasteiger partial charge in [-0.05, 0) is 36.9 Å². The molecule has 0 aliphatic rings. The summed E-state index contributed by atoms with van der Waals surface area (Å²) in [6, 6.07) is 11.1. The predicted molar refractivity (Wildman–Crippen MR) is 89.6 cm³/mol. The first-order valence-electron chi connectivity index (χ1n) is 7.26. The van der Waals surface area contributed by atoms with Gasteiger partial charge in [0.05, 0.1) is 7.11 Å². The van der Waals surface area contributed by atoms with Gasteiger partial charge in [0, 0.05) is 36.1 Å². The van der Waals surface area contributed by atoms with Gasteiger partial charge >= 0.3 is 0 Å². The number of nitrogens with two attached hydrogens (primary N) is 1. The largest absolute Gasteiger partial charge is 0.496 e. The molecular formula is C17H24N2OS. The molecule has 0 atom stereocenters. The van der Waals surface area contributed by atoms with Crippen molar-refractivity contribution < 1.29 is 4.74 Å². The Bertz CT molecular complexity index is 552.